The number of aromatic amines is 1. The number of carbonyl (C=O) groups excluding carboxylic acids is 1. The fraction of sp³-hybridized carbons (Fsp3) is 0.0800. The van der Waals surface area contributed by atoms with Crippen molar-refractivity contribution in [2.45, 2.75) is 0 Å². The molecule has 6 nitrogen and oxygen atoms in total. The average molecular weight is 412 g/mol. The van der Waals surface area contributed by atoms with Crippen LogP contribution >= 0.6 is 0 Å². The highest BCUT2D eigenvalue weighted by Gasteiger charge is 2.06. The average Bonchev–Trinajstić information content (AvgIpc) is 3.32. The monoisotopic (exact) mass is 411 g/mol. The Labute approximate surface area is 181 Å². The third-order valence-electron chi connectivity index (χ3n) is 4.85. The van der Waals surface area contributed by atoms with Gasteiger partial charge < -0.3 is 25.8 Å². The van der Waals surface area contributed by atoms with E-state index in [2.05, 4.69) is 50.1 Å². The molecule has 1 amide bonds. The van der Waals surface area contributed by atoms with Crippen LogP contribution < -0.4 is 20.9 Å². The topological polar surface area (TPSA) is 72.2 Å². The predicted molar refractivity (Wildman–Crippen MR) is 129 cm³/mol. The van der Waals surface area contributed by atoms with Gasteiger partial charge in [0, 0.05) is 60.6 Å². The first-order valence-corrected chi connectivity index (χ1v) is 10.0. The zero-order valence-corrected chi connectivity index (χ0v) is 17.5. The van der Waals surface area contributed by atoms with Crippen LogP contribution in [0.4, 0.5) is 34.1 Å². The van der Waals surface area contributed by atoms with Crippen molar-refractivity contribution in [1.29, 1.82) is 0 Å². The van der Waals surface area contributed by atoms with Gasteiger partial charge in [0.05, 0.1) is 5.56 Å². The predicted octanol–water partition coefficient (Wildman–Crippen LogP) is 5.82. The molecule has 4 rings (SSSR count). The second-order valence-electron chi connectivity index (χ2n) is 7.40. The number of hydrogen-bond donors (Lipinski definition) is 4. The number of H-pyrrole nitrogens is 1. The number of carbonyl (C=O) groups is 1. The van der Waals surface area contributed by atoms with Crippen molar-refractivity contribution in [2.75, 3.05) is 34.9 Å². The molecule has 0 bridgehead atoms. The molecule has 0 saturated carbocycles. The highest BCUT2D eigenvalue weighted by atomic mass is 16.1. The zero-order valence-electron chi connectivity index (χ0n) is 17.5. The lowest BCUT2D eigenvalue weighted by Crippen LogP contribution is -2.10. The van der Waals surface area contributed by atoms with E-state index in [4.69, 9.17) is 0 Å². The molecule has 0 saturated heterocycles. The lowest BCUT2D eigenvalue weighted by Gasteiger charge is -2.14. The van der Waals surface area contributed by atoms with Crippen molar-refractivity contribution in [3.8, 4) is 0 Å². The molecule has 31 heavy (non-hydrogen) atoms. The number of nitrogens with one attached hydrogen (secondary N) is 4. The quantitative estimate of drug-likeness (QED) is 0.309. The van der Waals surface area contributed by atoms with Crippen molar-refractivity contribution in [1.82, 2.24) is 4.98 Å². The Morgan fingerprint density at radius 3 is 1.55 bits per heavy atom. The van der Waals surface area contributed by atoms with Gasteiger partial charge in [-0.25, -0.2) is 0 Å². The molecule has 6 heteroatoms. The summed E-state index contributed by atoms with van der Waals surface area (Å²) in [5, 5.41) is 9.66. The van der Waals surface area contributed by atoms with Gasteiger partial charge in [0.25, 0.3) is 5.91 Å². The Hall–Kier alpha value is -4.19. The maximum Gasteiger partial charge on any atom is 0.257 e. The van der Waals surface area contributed by atoms with E-state index in [0.29, 0.717) is 5.56 Å². The Bertz CT molecular complexity index is 1120. The van der Waals surface area contributed by atoms with Crippen molar-refractivity contribution >= 4 is 40.0 Å². The van der Waals surface area contributed by atoms with E-state index in [1.165, 1.54) is 5.69 Å². The van der Waals surface area contributed by atoms with Gasteiger partial charge in [0.2, 0.25) is 0 Å². The van der Waals surface area contributed by atoms with Crippen LogP contribution in [-0.2, 0) is 0 Å². The van der Waals surface area contributed by atoms with E-state index >= 15 is 0 Å². The molecule has 0 aliphatic rings. The minimum atomic E-state index is -0.138. The Morgan fingerprint density at radius 2 is 1.13 bits per heavy atom. The minimum Gasteiger partial charge on any atom is -0.378 e. The number of amides is 1. The number of nitrogens with zero attached hydrogens (tertiary/aromatic N) is 1. The van der Waals surface area contributed by atoms with Gasteiger partial charge in [-0.2, -0.15) is 0 Å². The molecule has 3 aromatic carbocycles. The third-order valence-corrected chi connectivity index (χ3v) is 4.85. The molecule has 1 heterocycles. The van der Waals surface area contributed by atoms with Crippen LogP contribution in [0.5, 0.6) is 0 Å². The number of anilines is 6. The summed E-state index contributed by atoms with van der Waals surface area (Å²) in [6, 6.07) is 25.8. The lowest BCUT2D eigenvalue weighted by atomic mass is 10.2. The second kappa shape index (κ2) is 9.09. The highest BCUT2D eigenvalue weighted by molar-refractivity contribution is 6.04. The van der Waals surface area contributed by atoms with Gasteiger partial charge in [0.1, 0.15) is 0 Å². The van der Waals surface area contributed by atoms with Crippen molar-refractivity contribution in [3.63, 3.8) is 0 Å². The molecule has 4 N–H and O–H groups in total. The minimum absolute atomic E-state index is 0.138. The summed E-state index contributed by atoms with van der Waals surface area (Å²) in [4.78, 5) is 17.1. The maximum absolute atomic E-state index is 12.1. The molecule has 0 aliphatic carbocycles. The third kappa shape index (κ3) is 5.25. The van der Waals surface area contributed by atoms with Gasteiger partial charge in [-0.3, -0.25) is 4.79 Å². The standard InChI is InChI=1S/C25H25N5O/c1-30(2)24-13-11-22(12-14-24)28-20-5-3-19(4-6-20)27-21-7-9-23(10-8-21)29-25(31)18-15-16-26-17-18/h3-17,26-28H,1-2H3,(H,29,31). The van der Waals surface area contributed by atoms with Crippen LogP contribution in [0.1, 0.15) is 10.4 Å². The molecule has 0 atom stereocenters. The van der Waals surface area contributed by atoms with Crippen LogP contribution in [0.25, 0.3) is 0 Å². The van der Waals surface area contributed by atoms with Gasteiger partial charge in [0.15, 0.2) is 0 Å². The smallest absolute Gasteiger partial charge is 0.257 e. The summed E-state index contributed by atoms with van der Waals surface area (Å²) < 4.78 is 0. The van der Waals surface area contributed by atoms with Gasteiger partial charge in [-0.15, -0.1) is 0 Å². The van der Waals surface area contributed by atoms with E-state index in [9.17, 15) is 4.79 Å². The maximum atomic E-state index is 12.1. The summed E-state index contributed by atoms with van der Waals surface area (Å²) in [6.07, 6.45) is 3.39. The van der Waals surface area contributed by atoms with Crippen molar-refractivity contribution in [3.05, 3.63) is 96.8 Å². The zero-order chi connectivity index (χ0) is 21.6. The molecule has 0 radical (unpaired) electrons. The van der Waals surface area contributed by atoms with Crippen LogP contribution in [-0.4, -0.2) is 25.0 Å². The normalized spacial score (nSPS) is 10.4. The number of benzene rings is 3. The molecule has 0 spiro atoms. The highest BCUT2D eigenvalue weighted by Crippen LogP contribution is 2.24. The van der Waals surface area contributed by atoms with Crippen LogP contribution in [0.2, 0.25) is 0 Å². The second-order valence-corrected chi connectivity index (χ2v) is 7.40. The van der Waals surface area contributed by atoms with Crippen molar-refractivity contribution < 1.29 is 4.79 Å². The van der Waals surface area contributed by atoms with Gasteiger partial charge in [-0.05, 0) is 78.9 Å². The van der Waals surface area contributed by atoms with Gasteiger partial charge in [-0.1, -0.05) is 0 Å². The van der Waals surface area contributed by atoms with E-state index in [0.717, 1.165) is 28.4 Å². The molecule has 0 aliphatic heterocycles. The number of rotatable bonds is 7. The van der Waals surface area contributed by atoms with Crippen molar-refractivity contribution in [2.24, 2.45) is 0 Å². The lowest BCUT2D eigenvalue weighted by molar-refractivity contribution is 0.102. The molecule has 1 aromatic heterocycles. The van der Waals surface area contributed by atoms with E-state index in [-0.39, 0.29) is 5.91 Å². The Kier molecular flexibility index (Phi) is 5.89. The Balaban J connectivity index is 1.33. The molecule has 156 valence electrons. The van der Waals surface area contributed by atoms with Crippen LogP contribution in [0.3, 0.4) is 0 Å². The van der Waals surface area contributed by atoms with E-state index in [1.807, 2.05) is 62.6 Å². The van der Waals surface area contributed by atoms with E-state index in [1.54, 1.807) is 18.5 Å². The fourth-order valence-corrected chi connectivity index (χ4v) is 3.12. The first-order chi connectivity index (χ1) is 15.1. The van der Waals surface area contributed by atoms with E-state index < -0.39 is 0 Å². The first kappa shape index (κ1) is 20.1. The fourth-order valence-electron chi connectivity index (χ4n) is 3.12. The Morgan fingerprint density at radius 1 is 0.677 bits per heavy atom. The first-order valence-electron chi connectivity index (χ1n) is 10.0. The number of aromatic nitrogens is 1. The summed E-state index contributed by atoms with van der Waals surface area (Å²) in [6.45, 7) is 0. The number of hydrogen-bond acceptors (Lipinski definition) is 4. The summed E-state index contributed by atoms with van der Waals surface area (Å²) in [5.41, 5.74) is 6.51. The van der Waals surface area contributed by atoms with Gasteiger partial charge >= 0.3 is 0 Å². The molecular formula is C25H25N5O. The summed E-state index contributed by atoms with van der Waals surface area (Å²) in [7, 11) is 4.06. The summed E-state index contributed by atoms with van der Waals surface area (Å²) >= 11 is 0. The molecule has 0 fully saturated rings. The molecular weight excluding hydrogens is 386 g/mol. The largest absolute Gasteiger partial charge is 0.378 e. The SMILES string of the molecule is CN(C)c1ccc(Nc2ccc(Nc3ccc(NC(=O)c4cc[nH]c4)cc3)cc2)cc1. The molecule has 0 unspecified atom stereocenters. The van der Waals surface area contributed by atoms with Crippen LogP contribution in [0, 0.1) is 0 Å². The molecule has 4 aromatic rings. The summed E-state index contributed by atoms with van der Waals surface area (Å²) in [5.74, 6) is -0.138. The van der Waals surface area contributed by atoms with Crippen LogP contribution in [0.15, 0.2) is 91.3 Å².